The molecule has 3 atom stereocenters. The summed E-state index contributed by atoms with van der Waals surface area (Å²) in [6.45, 7) is 8.34. The van der Waals surface area contributed by atoms with Crippen LogP contribution in [0.1, 0.15) is 16.7 Å². The number of aromatic nitrogens is 1. The average Bonchev–Trinajstić information content (AvgIpc) is 3.08. The highest BCUT2D eigenvalue weighted by molar-refractivity contribution is 5.93. The number of benzene rings is 2. The number of fused-ring (bicyclic) bond motifs is 1. The summed E-state index contributed by atoms with van der Waals surface area (Å²) < 4.78 is 0. The molecule has 3 amide bonds. The number of piperazine rings is 1. The van der Waals surface area contributed by atoms with Crippen LogP contribution in [-0.2, 0) is 29.1 Å². The largest absolute Gasteiger partial charge is 0.508 e. The zero-order valence-electron chi connectivity index (χ0n) is 25.9. The van der Waals surface area contributed by atoms with Gasteiger partial charge in [-0.25, -0.2) is 14.8 Å². The number of aromatic hydroxyl groups is 1. The summed E-state index contributed by atoms with van der Waals surface area (Å²) in [5.74, 6) is -0.601. The summed E-state index contributed by atoms with van der Waals surface area (Å²) >= 11 is 0. The first-order valence-electron chi connectivity index (χ1n) is 15.9. The lowest BCUT2D eigenvalue weighted by Crippen LogP contribution is -2.71. The number of ketones is 1. The number of carbonyl (C=O) groups is 3. The fourth-order valence-electron chi connectivity index (χ4n) is 6.92. The molecule has 0 radical (unpaired) electrons. The second-order valence-electron chi connectivity index (χ2n) is 12.1. The average molecular weight is 624 g/mol. The molecule has 3 fully saturated rings. The van der Waals surface area contributed by atoms with Crippen molar-refractivity contribution in [3.8, 4) is 5.75 Å². The minimum absolute atomic E-state index is 0.00104. The summed E-state index contributed by atoms with van der Waals surface area (Å²) in [6, 6.07) is 19.4. The number of hydrazine groups is 1. The molecule has 3 aromatic rings. The molecule has 0 saturated carbocycles. The van der Waals surface area contributed by atoms with Gasteiger partial charge in [0, 0.05) is 64.1 Å². The number of piperidine rings is 1. The summed E-state index contributed by atoms with van der Waals surface area (Å²) in [6.07, 6.45) is 3.76. The van der Waals surface area contributed by atoms with Gasteiger partial charge in [-0.2, -0.15) is 0 Å². The molecule has 0 bridgehead atoms. The van der Waals surface area contributed by atoms with E-state index in [0.29, 0.717) is 26.1 Å². The van der Waals surface area contributed by atoms with E-state index in [1.807, 2.05) is 42.5 Å². The Morgan fingerprint density at radius 1 is 1.02 bits per heavy atom. The van der Waals surface area contributed by atoms with Crippen LogP contribution in [0.5, 0.6) is 5.75 Å². The van der Waals surface area contributed by atoms with Crippen molar-refractivity contribution in [2.45, 2.75) is 25.6 Å². The normalized spacial score (nSPS) is 22.0. The number of likely N-dealkylation sites (tertiary alicyclic amines) is 1. The molecule has 46 heavy (non-hydrogen) atoms. The molecule has 3 saturated heterocycles. The third-order valence-corrected chi connectivity index (χ3v) is 9.09. The molecule has 1 aromatic heterocycles. The van der Waals surface area contributed by atoms with Gasteiger partial charge < -0.3 is 25.5 Å². The van der Waals surface area contributed by atoms with Gasteiger partial charge in [0.05, 0.1) is 24.4 Å². The van der Waals surface area contributed by atoms with E-state index in [4.69, 9.17) is 4.98 Å². The van der Waals surface area contributed by atoms with Crippen molar-refractivity contribution in [1.82, 2.24) is 30.5 Å². The van der Waals surface area contributed by atoms with E-state index in [-0.39, 0.29) is 36.6 Å². The number of Topliss-reactive ketones (excluding diaryl/α,β-unsaturated/α-hetero) is 1. The standard InChI is InChI=1S/C35H41N7O4/c1-2-17-41-24-31(44)32-29(20-25-10-12-28(43)13-11-25)34(45)40(22-27-9-6-14-37-33(27)39-18-15-36-16-19-39)23-30(32)42(41)35(46)38-21-26-7-4-3-5-8-26/h2-14,29-30,32,36,43H,1,15-24H2,(H,38,46). The smallest absolute Gasteiger partial charge is 0.332 e. The molecular weight excluding hydrogens is 582 g/mol. The van der Waals surface area contributed by atoms with Gasteiger partial charge in [-0.05, 0) is 35.7 Å². The first kappa shape index (κ1) is 31.3. The highest BCUT2D eigenvalue weighted by Gasteiger charge is 2.53. The van der Waals surface area contributed by atoms with Gasteiger partial charge in [-0.3, -0.25) is 14.6 Å². The van der Waals surface area contributed by atoms with Gasteiger partial charge >= 0.3 is 6.03 Å². The van der Waals surface area contributed by atoms with Crippen LogP contribution in [0.2, 0.25) is 0 Å². The first-order chi connectivity index (χ1) is 22.4. The van der Waals surface area contributed by atoms with Crippen LogP contribution in [0.3, 0.4) is 0 Å². The Morgan fingerprint density at radius 3 is 2.52 bits per heavy atom. The number of phenolic OH excluding ortho intramolecular Hbond substituents is 1. The molecule has 4 heterocycles. The van der Waals surface area contributed by atoms with E-state index in [0.717, 1.165) is 48.7 Å². The Kier molecular flexibility index (Phi) is 9.60. The van der Waals surface area contributed by atoms with Crippen LogP contribution in [0, 0.1) is 11.8 Å². The van der Waals surface area contributed by atoms with Crippen molar-refractivity contribution in [3.63, 3.8) is 0 Å². The maximum absolute atomic E-state index is 14.4. The Balaban J connectivity index is 1.34. The molecule has 11 nitrogen and oxygen atoms in total. The van der Waals surface area contributed by atoms with Crippen molar-refractivity contribution in [1.29, 1.82) is 0 Å². The lowest BCUT2D eigenvalue weighted by molar-refractivity contribution is -0.167. The van der Waals surface area contributed by atoms with Crippen LogP contribution >= 0.6 is 0 Å². The van der Waals surface area contributed by atoms with Crippen LogP contribution in [-0.4, -0.2) is 94.6 Å². The number of hydrogen-bond acceptors (Lipinski definition) is 8. The maximum Gasteiger partial charge on any atom is 0.332 e. The molecule has 3 aliphatic rings. The number of rotatable bonds is 9. The van der Waals surface area contributed by atoms with Gasteiger partial charge in [0.1, 0.15) is 11.6 Å². The van der Waals surface area contributed by atoms with E-state index in [2.05, 4.69) is 22.1 Å². The van der Waals surface area contributed by atoms with Gasteiger partial charge in [0.2, 0.25) is 5.91 Å². The predicted octanol–water partition coefficient (Wildman–Crippen LogP) is 2.58. The fourth-order valence-corrected chi connectivity index (χ4v) is 6.92. The molecule has 11 heteroatoms. The van der Waals surface area contributed by atoms with Crippen LogP contribution in [0.4, 0.5) is 10.6 Å². The summed E-state index contributed by atoms with van der Waals surface area (Å²) in [5.41, 5.74) is 2.71. The molecule has 0 spiro atoms. The van der Waals surface area contributed by atoms with Crippen molar-refractivity contribution < 1.29 is 19.5 Å². The topological polar surface area (TPSA) is 121 Å². The molecule has 240 valence electrons. The third kappa shape index (κ3) is 6.75. The second-order valence-corrected chi connectivity index (χ2v) is 12.1. The molecule has 3 unspecified atom stereocenters. The highest BCUT2D eigenvalue weighted by Crippen LogP contribution is 2.37. The number of carbonyl (C=O) groups excluding carboxylic acids is 3. The van der Waals surface area contributed by atoms with Crippen molar-refractivity contribution in [2.75, 3.05) is 50.7 Å². The van der Waals surface area contributed by atoms with Crippen molar-refractivity contribution >= 4 is 23.5 Å². The van der Waals surface area contributed by atoms with E-state index in [1.165, 1.54) is 0 Å². The Labute approximate surface area is 269 Å². The Bertz CT molecular complexity index is 1540. The van der Waals surface area contributed by atoms with E-state index >= 15 is 0 Å². The minimum atomic E-state index is -0.692. The molecule has 3 N–H and O–H groups in total. The number of anilines is 1. The third-order valence-electron chi connectivity index (χ3n) is 9.09. The van der Waals surface area contributed by atoms with Crippen LogP contribution in [0.15, 0.2) is 85.6 Å². The van der Waals surface area contributed by atoms with E-state index in [9.17, 15) is 19.5 Å². The summed E-state index contributed by atoms with van der Waals surface area (Å²) in [5, 5.41) is 19.7. The number of nitrogens with one attached hydrogen (secondary N) is 2. The predicted molar refractivity (Wildman–Crippen MR) is 175 cm³/mol. The minimum Gasteiger partial charge on any atom is -0.508 e. The van der Waals surface area contributed by atoms with Gasteiger partial charge in [-0.1, -0.05) is 54.6 Å². The molecule has 3 aliphatic heterocycles. The monoisotopic (exact) mass is 623 g/mol. The number of urea groups is 1. The number of hydrogen-bond donors (Lipinski definition) is 3. The first-order valence-corrected chi connectivity index (χ1v) is 15.9. The molecule has 6 rings (SSSR count). The van der Waals surface area contributed by atoms with Crippen LogP contribution < -0.4 is 15.5 Å². The Morgan fingerprint density at radius 2 is 1.78 bits per heavy atom. The van der Waals surface area contributed by atoms with Crippen molar-refractivity contribution in [3.05, 3.63) is 102 Å². The lowest BCUT2D eigenvalue weighted by Gasteiger charge is -2.53. The van der Waals surface area contributed by atoms with E-state index in [1.54, 1.807) is 51.5 Å². The van der Waals surface area contributed by atoms with Gasteiger partial charge in [-0.15, -0.1) is 6.58 Å². The SMILES string of the molecule is C=CCN1CC(=O)C2C(Cc3ccc(O)cc3)C(=O)N(Cc3cccnc3N3CCNCC3)CC2N1C(=O)NCc1ccccc1. The van der Waals surface area contributed by atoms with Crippen molar-refractivity contribution in [2.24, 2.45) is 11.8 Å². The highest BCUT2D eigenvalue weighted by atomic mass is 16.3. The van der Waals surface area contributed by atoms with E-state index < -0.39 is 17.9 Å². The summed E-state index contributed by atoms with van der Waals surface area (Å²) in [7, 11) is 0. The maximum atomic E-state index is 14.4. The van der Waals surface area contributed by atoms with Crippen LogP contribution in [0.25, 0.3) is 0 Å². The lowest BCUT2D eigenvalue weighted by atomic mass is 9.74. The number of pyridine rings is 1. The Hall–Kier alpha value is -4.74. The molecular formula is C35H41N7O4. The quantitative estimate of drug-likeness (QED) is 0.311. The number of amides is 3. The fraction of sp³-hybridized carbons (Fsp3) is 0.371. The van der Waals surface area contributed by atoms with Gasteiger partial charge in [0.25, 0.3) is 0 Å². The molecule has 0 aliphatic carbocycles. The summed E-state index contributed by atoms with van der Waals surface area (Å²) in [4.78, 5) is 51.1. The molecule has 2 aromatic carbocycles. The number of nitrogens with zero attached hydrogens (tertiary/aromatic N) is 5. The number of phenols is 1. The van der Waals surface area contributed by atoms with Gasteiger partial charge in [0.15, 0.2) is 5.78 Å². The zero-order chi connectivity index (χ0) is 32.0. The zero-order valence-corrected chi connectivity index (χ0v) is 25.9. The second kappa shape index (κ2) is 14.1.